The molecular weight excluding hydrogens is 739 g/mol. The van der Waals surface area contributed by atoms with Gasteiger partial charge >= 0.3 is 0 Å². The van der Waals surface area contributed by atoms with E-state index >= 15 is 0 Å². The highest BCUT2D eigenvalue weighted by Gasteiger charge is 2.52. The van der Waals surface area contributed by atoms with Crippen LogP contribution in [0.4, 0.5) is 0 Å². The number of benzene rings is 7. The summed E-state index contributed by atoms with van der Waals surface area (Å²) in [7, 11) is 0. The average Bonchev–Trinajstić information content (AvgIpc) is 3.82. The van der Waals surface area contributed by atoms with Crippen molar-refractivity contribution < 1.29 is 0 Å². The first kappa shape index (κ1) is 35.2. The van der Waals surface area contributed by atoms with Gasteiger partial charge in [-0.05, 0) is 115 Å². The van der Waals surface area contributed by atoms with E-state index in [4.69, 9.17) is 9.97 Å². The first-order chi connectivity index (χ1) is 30.2. The van der Waals surface area contributed by atoms with E-state index in [1.54, 1.807) is 6.20 Å². The van der Waals surface area contributed by atoms with Crippen molar-refractivity contribution in [2.24, 2.45) is 0 Å². The van der Waals surface area contributed by atoms with E-state index < -0.39 is 0 Å². The van der Waals surface area contributed by atoms with Gasteiger partial charge in [-0.2, -0.15) is 0 Å². The van der Waals surface area contributed by atoms with Gasteiger partial charge in [0.05, 0.1) is 16.8 Å². The Balaban J connectivity index is 0.958. The second-order valence-corrected chi connectivity index (χ2v) is 16.2. The predicted octanol–water partition coefficient (Wildman–Crippen LogP) is 14.3. The number of nitrogens with zero attached hydrogens (tertiary/aromatic N) is 3. The maximum absolute atomic E-state index is 5.18. The van der Waals surface area contributed by atoms with E-state index in [0.717, 1.165) is 63.2 Å². The number of allylic oxidation sites excluding steroid dienone is 4. The fourth-order valence-corrected chi connectivity index (χ4v) is 10.2. The Labute approximate surface area is 356 Å². The summed E-state index contributed by atoms with van der Waals surface area (Å²) >= 11 is 0. The molecular formula is C58H39N3. The molecule has 7 aromatic carbocycles. The van der Waals surface area contributed by atoms with E-state index in [1.807, 2.05) is 30.5 Å². The van der Waals surface area contributed by atoms with Crippen LogP contribution in [0.1, 0.15) is 35.1 Å². The molecule has 3 aliphatic rings. The van der Waals surface area contributed by atoms with Gasteiger partial charge in [-0.15, -0.1) is 0 Å². The monoisotopic (exact) mass is 777 g/mol. The lowest BCUT2D eigenvalue weighted by Crippen LogP contribution is -2.27. The third-order valence-electron chi connectivity index (χ3n) is 12.9. The molecule has 0 aliphatic heterocycles. The lowest BCUT2D eigenvalue weighted by atomic mass is 9.68. The van der Waals surface area contributed by atoms with Crippen LogP contribution in [0.3, 0.4) is 0 Å². The highest BCUT2D eigenvalue weighted by atomic mass is 14.9. The van der Waals surface area contributed by atoms with Crippen LogP contribution in [0.2, 0.25) is 0 Å². The average molecular weight is 778 g/mol. The number of rotatable bonds is 6. The van der Waals surface area contributed by atoms with Crippen molar-refractivity contribution in [1.29, 1.82) is 0 Å². The summed E-state index contributed by atoms with van der Waals surface area (Å²) in [5.74, 6) is 0.699. The van der Waals surface area contributed by atoms with Crippen molar-refractivity contribution in [1.82, 2.24) is 15.0 Å². The normalized spacial score (nSPS) is 15.7. The summed E-state index contributed by atoms with van der Waals surface area (Å²) in [5, 5.41) is 0. The van der Waals surface area contributed by atoms with E-state index in [9.17, 15) is 0 Å². The SMILES string of the molecule is C1=CC2=C(CC1)C1(c3ccccc32)c2ccccc2-c2c(-c3cccc(-c4cccc(-c5cc(-c6ccc(-c7cccnc7)cc6)nc(-c6ccccc6)n5)c4)c3)cccc21. The Kier molecular flexibility index (Phi) is 8.21. The van der Waals surface area contributed by atoms with Gasteiger partial charge in [-0.1, -0.05) is 176 Å². The summed E-state index contributed by atoms with van der Waals surface area (Å²) in [4.78, 5) is 14.6. The molecule has 1 unspecified atom stereocenters. The number of fused-ring (bicyclic) bond motifs is 9. The second-order valence-electron chi connectivity index (χ2n) is 16.2. The summed E-state index contributed by atoms with van der Waals surface area (Å²) in [6, 6.07) is 68.1. The van der Waals surface area contributed by atoms with Crippen LogP contribution in [-0.4, -0.2) is 15.0 Å². The molecule has 12 rings (SSSR count). The van der Waals surface area contributed by atoms with Crippen molar-refractivity contribution in [2.45, 2.75) is 18.3 Å². The van der Waals surface area contributed by atoms with E-state index in [-0.39, 0.29) is 5.41 Å². The molecule has 0 fully saturated rings. The third kappa shape index (κ3) is 5.62. The molecule has 0 bridgehead atoms. The predicted molar refractivity (Wildman–Crippen MR) is 249 cm³/mol. The summed E-state index contributed by atoms with van der Waals surface area (Å²) in [5.41, 5.74) is 22.7. The quantitative estimate of drug-likeness (QED) is 0.169. The number of pyridine rings is 1. The molecule has 0 saturated carbocycles. The van der Waals surface area contributed by atoms with Crippen molar-refractivity contribution >= 4 is 5.57 Å². The zero-order valence-corrected chi connectivity index (χ0v) is 33.5. The number of hydrogen-bond acceptors (Lipinski definition) is 3. The van der Waals surface area contributed by atoms with Crippen molar-refractivity contribution in [3.05, 3.63) is 240 Å². The lowest BCUT2D eigenvalue weighted by Gasteiger charge is -2.33. The van der Waals surface area contributed by atoms with Crippen LogP contribution in [0.5, 0.6) is 0 Å². The lowest BCUT2D eigenvalue weighted by molar-refractivity contribution is 0.714. The maximum atomic E-state index is 5.18. The maximum Gasteiger partial charge on any atom is 0.160 e. The molecule has 0 N–H and O–H groups in total. The Hall–Kier alpha value is -7.75. The van der Waals surface area contributed by atoms with Gasteiger partial charge in [0.25, 0.3) is 0 Å². The Morgan fingerprint density at radius 3 is 1.79 bits per heavy atom. The van der Waals surface area contributed by atoms with Gasteiger partial charge in [0.15, 0.2) is 5.82 Å². The van der Waals surface area contributed by atoms with Gasteiger partial charge in [-0.25, -0.2) is 9.97 Å². The number of aromatic nitrogens is 3. The van der Waals surface area contributed by atoms with Gasteiger partial charge in [0, 0.05) is 29.1 Å². The van der Waals surface area contributed by atoms with Crippen molar-refractivity contribution in [3.63, 3.8) is 0 Å². The second kappa shape index (κ2) is 14.2. The Morgan fingerprint density at radius 1 is 0.410 bits per heavy atom. The smallest absolute Gasteiger partial charge is 0.160 e. The molecule has 3 heteroatoms. The summed E-state index contributed by atoms with van der Waals surface area (Å²) < 4.78 is 0. The molecule has 2 heterocycles. The van der Waals surface area contributed by atoms with Gasteiger partial charge < -0.3 is 0 Å². The van der Waals surface area contributed by atoms with Crippen LogP contribution < -0.4 is 0 Å². The van der Waals surface area contributed by atoms with Crippen molar-refractivity contribution in [3.8, 4) is 78.4 Å². The largest absolute Gasteiger partial charge is 0.264 e. The van der Waals surface area contributed by atoms with E-state index in [1.165, 1.54) is 55.7 Å². The molecule has 0 amide bonds. The minimum Gasteiger partial charge on any atom is -0.264 e. The molecule has 1 atom stereocenters. The highest BCUT2D eigenvalue weighted by Crippen LogP contribution is 2.64. The topological polar surface area (TPSA) is 38.7 Å². The minimum absolute atomic E-state index is 0.291. The van der Waals surface area contributed by atoms with Crippen LogP contribution in [0.15, 0.2) is 218 Å². The Morgan fingerprint density at radius 2 is 1.00 bits per heavy atom. The highest BCUT2D eigenvalue weighted by molar-refractivity contribution is 6.01. The standard InChI is InChI=1S/C58H39N3/c1-2-14-40(15-3-1)57-60-54(39-31-29-38(30-32-39)45-20-13-33-59-37-45)36-55(61-57)44-19-11-17-42(35-44)41-16-10-18-43(34-41)46-24-12-28-53-56(46)49-23-6-9-27-52(49)58(53)50-25-7-4-21-47(50)48-22-5-8-26-51(48)58/h1-7,9-25,27-37H,8,26H2. The molecule has 2 aromatic heterocycles. The molecule has 3 aliphatic carbocycles. The first-order valence-corrected chi connectivity index (χ1v) is 21.1. The van der Waals surface area contributed by atoms with E-state index in [0.29, 0.717) is 5.82 Å². The first-order valence-electron chi connectivity index (χ1n) is 21.1. The molecule has 3 nitrogen and oxygen atoms in total. The zero-order valence-electron chi connectivity index (χ0n) is 33.5. The fraction of sp³-hybridized carbons (Fsp3) is 0.0517. The summed E-state index contributed by atoms with van der Waals surface area (Å²) in [6.45, 7) is 0. The van der Waals surface area contributed by atoms with Crippen LogP contribution in [0, 0.1) is 0 Å². The van der Waals surface area contributed by atoms with Gasteiger partial charge in [0.1, 0.15) is 0 Å². The molecule has 1 spiro atoms. The number of hydrogen-bond donors (Lipinski definition) is 0. The van der Waals surface area contributed by atoms with Gasteiger partial charge in [0.2, 0.25) is 0 Å². The van der Waals surface area contributed by atoms with Crippen LogP contribution in [0.25, 0.3) is 84.0 Å². The van der Waals surface area contributed by atoms with E-state index in [2.05, 4.69) is 181 Å². The third-order valence-corrected chi connectivity index (χ3v) is 12.9. The molecule has 286 valence electrons. The zero-order chi connectivity index (χ0) is 40.3. The van der Waals surface area contributed by atoms with Crippen LogP contribution in [-0.2, 0) is 5.41 Å². The molecule has 0 saturated heterocycles. The molecule has 9 aromatic rings. The minimum atomic E-state index is -0.291. The Bertz CT molecular complexity index is 3230. The van der Waals surface area contributed by atoms with Crippen LogP contribution >= 0.6 is 0 Å². The van der Waals surface area contributed by atoms with Gasteiger partial charge in [-0.3, -0.25) is 4.98 Å². The van der Waals surface area contributed by atoms with Crippen molar-refractivity contribution in [2.75, 3.05) is 0 Å². The fourth-order valence-electron chi connectivity index (χ4n) is 10.2. The summed E-state index contributed by atoms with van der Waals surface area (Å²) in [6.07, 6.45) is 10.5. The molecule has 61 heavy (non-hydrogen) atoms. The molecule has 0 radical (unpaired) electrons.